The molecule has 0 fully saturated rings. The molecule has 2 aromatic rings. The molecule has 1 aliphatic rings. The van der Waals surface area contributed by atoms with Gasteiger partial charge in [-0.15, -0.1) is 11.3 Å². The second-order valence-electron chi connectivity index (χ2n) is 6.37. The van der Waals surface area contributed by atoms with E-state index in [4.69, 9.17) is 9.47 Å². The zero-order valence-electron chi connectivity index (χ0n) is 16.4. The first kappa shape index (κ1) is 21.4. The van der Waals surface area contributed by atoms with Gasteiger partial charge in [0.25, 0.3) is 10.0 Å². The summed E-state index contributed by atoms with van der Waals surface area (Å²) in [6.07, 6.45) is -0.275. The predicted molar refractivity (Wildman–Crippen MR) is 111 cm³/mol. The number of fused-ring (bicyclic) bond motifs is 1. The van der Waals surface area contributed by atoms with Crippen LogP contribution in [0.2, 0.25) is 0 Å². The highest BCUT2D eigenvalue weighted by atomic mass is 32.2. The standard InChI is InChI=1S/C19H25N3O5S2/c1-3-22(4-2)29(24,25)18-10-9-15(28-18)12-21-19(23)20-11-14-13-26-16-7-5-6-8-17(16)27-14/h5-10,14H,3-4,11-13H2,1-2H3,(H2,20,21,23). The number of urea groups is 1. The van der Waals surface area contributed by atoms with Gasteiger partial charge in [-0.25, -0.2) is 13.2 Å². The van der Waals surface area contributed by atoms with Crippen LogP contribution in [0.1, 0.15) is 18.7 Å². The van der Waals surface area contributed by atoms with E-state index in [9.17, 15) is 13.2 Å². The number of benzene rings is 1. The van der Waals surface area contributed by atoms with E-state index in [1.54, 1.807) is 26.0 Å². The Hall–Kier alpha value is -2.30. The molecule has 2 heterocycles. The van der Waals surface area contributed by atoms with E-state index in [1.165, 1.54) is 4.31 Å². The minimum Gasteiger partial charge on any atom is -0.486 e. The first-order valence-corrected chi connectivity index (χ1v) is 11.7. The summed E-state index contributed by atoms with van der Waals surface area (Å²) in [6, 6.07) is 10.3. The Balaban J connectivity index is 1.46. The summed E-state index contributed by atoms with van der Waals surface area (Å²) in [5.74, 6) is 1.35. The maximum Gasteiger partial charge on any atom is 0.315 e. The van der Waals surface area contributed by atoms with E-state index in [2.05, 4.69) is 10.6 Å². The lowest BCUT2D eigenvalue weighted by atomic mass is 10.2. The van der Waals surface area contributed by atoms with E-state index < -0.39 is 10.0 Å². The summed E-state index contributed by atoms with van der Waals surface area (Å²) in [5, 5.41) is 5.49. The Morgan fingerprint density at radius 3 is 2.59 bits per heavy atom. The Morgan fingerprint density at radius 1 is 1.14 bits per heavy atom. The number of hydrogen-bond donors (Lipinski definition) is 2. The van der Waals surface area contributed by atoms with E-state index in [0.29, 0.717) is 37.7 Å². The number of carbonyl (C=O) groups is 1. The average molecular weight is 440 g/mol. The lowest BCUT2D eigenvalue weighted by molar-refractivity contribution is 0.0918. The fraction of sp³-hybridized carbons (Fsp3) is 0.421. The van der Waals surface area contributed by atoms with E-state index in [0.717, 1.165) is 16.2 Å². The summed E-state index contributed by atoms with van der Waals surface area (Å²) in [6.45, 7) is 5.35. The summed E-state index contributed by atoms with van der Waals surface area (Å²) < 4.78 is 38.1. The number of carbonyl (C=O) groups excluding carboxylic acids is 1. The molecule has 1 unspecified atom stereocenters. The van der Waals surface area contributed by atoms with Gasteiger partial charge in [-0.1, -0.05) is 26.0 Å². The predicted octanol–water partition coefficient (Wildman–Crippen LogP) is 2.42. The molecule has 0 spiro atoms. The van der Waals surface area contributed by atoms with Crippen molar-refractivity contribution in [3.05, 3.63) is 41.3 Å². The fourth-order valence-corrected chi connectivity index (χ4v) is 5.79. The molecule has 2 amide bonds. The van der Waals surface area contributed by atoms with E-state index >= 15 is 0 Å². The van der Waals surface area contributed by atoms with Crippen LogP contribution in [-0.2, 0) is 16.6 Å². The maximum atomic E-state index is 12.5. The number of hydrogen-bond acceptors (Lipinski definition) is 6. The molecular formula is C19H25N3O5S2. The summed E-state index contributed by atoms with van der Waals surface area (Å²) in [4.78, 5) is 12.8. The van der Waals surface area contributed by atoms with Gasteiger partial charge in [0, 0.05) is 18.0 Å². The van der Waals surface area contributed by atoms with Crippen molar-refractivity contribution in [2.24, 2.45) is 0 Å². The maximum absolute atomic E-state index is 12.5. The molecule has 0 saturated heterocycles. The molecule has 3 rings (SSSR count). The third-order valence-electron chi connectivity index (χ3n) is 4.42. The highest BCUT2D eigenvalue weighted by Gasteiger charge is 2.24. The Kier molecular flexibility index (Phi) is 6.99. The molecule has 1 aliphatic heterocycles. The largest absolute Gasteiger partial charge is 0.486 e. The number of nitrogens with one attached hydrogen (secondary N) is 2. The highest BCUT2D eigenvalue weighted by molar-refractivity contribution is 7.91. The van der Waals surface area contributed by atoms with Crippen molar-refractivity contribution in [2.75, 3.05) is 26.2 Å². The van der Waals surface area contributed by atoms with Gasteiger partial charge in [0.1, 0.15) is 10.8 Å². The van der Waals surface area contributed by atoms with Gasteiger partial charge in [-0.3, -0.25) is 0 Å². The third-order valence-corrected chi connectivity index (χ3v) is 8.02. The Morgan fingerprint density at radius 2 is 1.86 bits per heavy atom. The van der Waals surface area contributed by atoms with Crippen LogP contribution in [-0.4, -0.2) is 51.1 Å². The molecule has 8 nitrogen and oxygen atoms in total. The van der Waals surface area contributed by atoms with Crippen molar-refractivity contribution >= 4 is 27.4 Å². The van der Waals surface area contributed by atoms with Crippen LogP contribution in [0.3, 0.4) is 0 Å². The van der Waals surface area contributed by atoms with Crippen LogP contribution in [0.4, 0.5) is 4.79 Å². The minimum absolute atomic E-state index is 0.245. The number of sulfonamides is 1. The monoisotopic (exact) mass is 439 g/mol. The molecule has 1 atom stereocenters. The average Bonchev–Trinajstić information content (AvgIpc) is 3.21. The molecule has 2 N–H and O–H groups in total. The summed E-state index contributed by atoms with van der Waals surface area (Å²) in [5.41, 5.74) is 0. The zero-order valence-corrected chi connectivity index (χ0v) is 18.0. The van der Waals surface area contributed by atoms with Crippen molar-refractivity contribution < 1.29 is 22.7 Å². The molecule has 0 saturated carbocycles. The van der Waals surface area contributed by atoms with Crippen molar-refractivity contribution in [1.29, 1.82) is 0 Å². The normalized spacial score (nSPS) is 15.9. The van der Waals surface area contributed by atoms with Crippen LogP contribution >= 0.6 is 11.3 Å². The van der Waals surface area contributed by atoms with Gasteiger partial charge in [-0.2, -0.15) is 4.31 Å². The van der Waals surface area contributed by atoms with Gasteiger partial charge in [0.2, 0.25) is 0 Å². The van der Waals surface area contributed by atoms with Crippen LogP contribution in [0.5, 0.6) is 11.5 Å². The smallest absolute Gasteiger partial charge is 0.315 e. The molecule has 1 aromatic heterocycles. The van der Waals surface area contributed by atoms with Gasteiger partial charge in [-0.05, 0) is 24.3 Å². The number of ether oxygens (including phenoxy) is 2. The zero-order chi connectivity index (χ0) is 20.9. The highest BCUT2D eigenvalue weighted by Crippen LogP contribution is 2.30. The number of amides is 2. The van der Waals surface area contributed by atoms with Crippen LogP contribution in [0.15, 0.2) is 40.6 Å². The second-order valence-corrected chi connectivity index (χ2v) is 9.70. The third kappa shape index (κ3) is 5.20. The summed E-state index contributed by atoms with van der Waals surface area (Å²) in [7, 11) is -3.48. The van der Waals surface area contributed by atoms with E-state index in [1.807, 2.05) is 24.3 Å². The second kappa shape index (κ2) is 9.47. The number of rotatable bonds is 8. The number of nitrogens with zero attached hydrogens (tertiary/aromatic N) is 1. The fourth-order valence-electron chi connectivity index (χ4n) is 2.88. The van der Waals surface area contributed by atoms with Crippen molar-refractivity contribution in [1.82, 2.24) is 14.9 Å². The van der Waals surface area contributed by atoms with Crippen molar-refractivity contribution in [2.45, 2.75) is 30.7 Å². The number of thiophene rings is 1. The van der Waals surface area contributed by atoms with Crippen molar-refractivity contribution in [3.8, 4) is 11.5 Å². The number of para-hydroxylation sites is 2. The first-order chi connectivity index (χ1) is 13.9. The molecule has 0 aliphatic carbocycles. The van der Waals surface area contributed by atoms with Gasteiger partial charge < -0.3 is 20.1 Å². The van der Waals surface area contributed by atoms with Crippen LogP contribution < -0.4 is 20.1 Å². The molecule has 158 valence electrons. The molecule has 1 aromatic carbocycles. The molecule has 29 heavy (non-hydrogen) atoms. The lowest BCUT2D eigenvalue weighted by Gasteiger charge is -2.26. The minimum atomic E-state index is -3.48. The first-order valence-electron chi connectivity index (χ1n) is 9.43. The van der Waals surface area contributed by atoms with Gasteiger partial charge >= 0.3 is 6.03 Å². The Labute approximate surface area is 174 Å². The SMILES string of the molecule is CCN(CC)S(=O)(=O)c1ccc(CNC(=O)NCC2COc3ccccc3O2)s1. The Bertz CT molecular complexity index is 941. The molecule has 10 heteroatoms. The topological polar surface area (TPSA) is 97.0 Å². The molecule has 0 bridgehead atoms. The van der Waals surface area contributed by atoms with E-state index in [-0.39, 0.29) is 22.9 Å². The van der Waals surface area contributed by atoms with Gasteiger partial charge in [0.15, 0.2) is 17.6 Å². The van der Waals surface area contributed by atoms with Gasteiger partial charge in [0.05, 0.1) is 13.1 Å². The van der Waals surface area contributed by atoms with Crippen LogP contribution in [0.25, 0.3) is 0 Å². The summed E-state index contributed by atoms with van der Waals surface area (Å²) >= 11 is 1.16. The molecular weight excluding hydrogens is 414 g/mol. The quantitative estimate of drug-likeness (QED) is 0.658. The lowest BCUT2D eigenvalue weighted by Crippen LogP contribution is -2.44. The molecule has 0 radical (unpaired) electrons. The van der Waals surface area contributed by atoms with Crippen molar-refractivity contribution in [3.63, 3.8) is 0 Å². The van der Waals surface area contributed by atoms with Crippen LogP contribution in [0, 0.1) is 0 Å².